The first-order chi connectivity index (χ1) is 6.35. The summed E-state index contributed by atoms with van der Waals surface area (Å²) < 4.78 is 0. The molecule has 0 aliphatic heterocycles. The number of hydrogen-bond acceptors (Lipinski definition) is 1. The van der Waals surface area contributed by atoms with Gasteiger partial charge < -0.3 is 5.73 Å². The molecule has 0 aliphatic rings. The van der Waals surface area contributed by atoms with Gasteiger partial charge in [0, 0.05) is 0 Å². The van der Waals surface area contributed by atoms with Gasteiger partial charge in [-0.15, -0.1) is 6.58 Å². The van der Waals surface area contributed by atoms with E-state index in [1.807, 2.05) is 6.08 Å². The minimum absolute atomic E-state index is 0.772. The molecule has 0 heterocycles. The van der Waals surface area contributed by atoms with Crippen molar-refractivity contribution in [2.75, 3.05) is 6.54 Å². The van der Waals surface area contributed by atoms with Crippen LogP contribution in [0.4, 0.5) is 0 Å². The van der Waals surface area contributed by atoms with E-state index < -0.39 is 0 Å². The molecule has 1 atom stereocenters. The molecule has 1 nitrogen and oxygen atoms in total. The summed E-state index contributed by atoms with van der Waals surface area (Å²) in [6.07, 6.45) is 11.1. The molecule has 0 spiro atoms. The number of allylic oxidation sites excluding steroid dienone is 1. The second kappa shape index (κ2) is 9.79. The molecule has 0 aromatic heterocycles. The quantitative estimate of drug-likeness (QED) is 0.430. The van der Waals surface area contributed by atoms with Crippen molar-refractivity contribution in [3.63, 3.8) is 0 Å². The normalized spacial score (nSPS) is 12.8. The lowest BCUT2D eigenvalue weighted by molar-refractivity contribution is 0.431. The third-order valence-corrected chi connectivity index (χ3v) is 2.55. The van der Waals surface area contributed by atoms with E-state index in [0.29, 0.717) is 0 Å². The van der Waals surface area contributed by atoms with Gasteiger partial charge in [-0.2, -0.15) is 0 Å². The molecule has 0 aromatic rings. The second-order valence-corrected chi connectivity index (χ2v) is 3.82. The van der Waals surface area contributed by atoms with Crippen LogP contribution in [0.5, 0.6) is 0 Å². The molecule has 0 radical (unpaired) electrons. The summed E-state index contributed by atoms with van der Waals surface area (Å²) in [6.45, 7) is 6.83. The van der Waals surface area contributed by atoms with Crippen LogP contribution in [0.2, 0.25) is 0 Å². The first-order valence-electron chi connectivity index (χ1n) is 5.66. The largest absolute Gasteiger partial charge is 0.330 e. The molecular formula is C12H25N. The predicted molar refractivity (Wildman–Crippen MR) is 60.7 cm³/mol. The smallest absolute Gasteiger partial charge is 0.00489 e. The first-order valence-corrected chi connectivity index (χ1v) is 5.66. The zero-order valence-corrected chi connectivity index (χ0v) is 9.10. The first kappa shape index (κ1) is 12.7. The van der Waals surface area contributed by atoms with Gasteiger partial charge in [0.25, 0.3) is 0 Å². The molecule has 0 aliphatic carbocycles. The predicted octanol–water partition coefficient (Wildman–Crippen LogP) is 3.50. The summed E-state index contributed by atoms with van der Waals surface area (Å²) in [5.41, 5.74) is 5.68. The molecule has 0 saturated heterocycles. The van der Waals surface area contributed by atoms with Crippen molar-refractivity contribution >= 4 is 0 Å². The standard InChI is InChI=1S/C12H25N/c1-3-5-6-7-8-10-12(11-13)9-4-2/h3,12H,1,4-11,13H2,2H3. The highest BCUT2D eigenvalue weighted by atomic mass is 14.5. The van der Waals surface area contributed by atoms with E-state index in [1.54, 1.807) is 0 Å². The second-order valence-electron chi connectivity index (χ2n) is 3.82. The minimum atomic E-state index is 0.772. The molecule has 0 saturated carbocycles. The van der Waals surface area contributed by atoms with E-state index in [-0.39, 0.29) is 0 Å². The lowest BCUT2D eigenvalue weighted by Crippen LogP contribution is -2.13. The molecule has 0 rings (SSSR count). The average Bonchev–Trinajstić information content (AvgIpc) is 2.16. The van der Waals surface area contributed by atoms with Gasteiger partial charge in [-0.3, -0.25) is 0 Å². The van der Waals surface area contributed by atoms with Crippen LogP contribution in [0.15, 0.2) is 12.7 Å². The maximum Gasteiger partial charge on any atom is -0.00489 e. The van der Waals surface area contributed by atoms with Crippen LogP contribution in [0.1, 0.15) is 51.9 Å². The van der Waals surface area contributed by atoms with Gasteiger partial charge in [0.15, 0.2) is 0 Å². The summed E-state index contributed by atoms with van der Waals surface area (Å²) in [6, 6.07) is 0. The van der Waals surface area contributed by atoms with Gasteiger partial charge in [-0.1, -0.05) is 32.3 Å². The topological polar surface area (TPSA) is 26.0 Å². The zero-order valence-electron chi connectivity index (χ0n) is 9.10. The molecule has 1 unspecified atom stereocenters. The fourth-order valence-corrected chi connectivity index (χ4v) is 1.69. The molecule has 0 bridgehead atoms. The van der Waals surface area contributed by atoms with E-state index in [2.05, 4.69) is 13.5 Å². The Morgan fingerprint density at radius 2 is 2.00 bits per heavy atom. The van der Waals surface area contributed by atoms with Crippen molar-refractivity contribution in [2.24, 2.45) is 11.7 Å². The van der Waals surface area contributed by atoms with E-state index >= 15 is 0 Å². The van der Waals surface area contributed by atoms with E-state index in [9.17, 15) is 0 Å². The zero-order chi connectivity index (χ0) is 9.94. The molecule has 0 aromatic carbocycles. The average molecular weight is 183 g/mol. The number of unbranched alkanes of at least 4 members (excludes halogenated alkanes) is 3. The van der Waals surface area contributed by atoms with Gasteiger partial charge in [0.1, 0.15) is 0 Å². The Hall–Kier alpha value is -0.300. The van der Waals surface area contributed by atoms with Crippen molar-refractivity contribution in [1.82, 2.24) is 0 Å². The summed E-state index contributed by atoms with van der Waals surface area (Å²) in [5, 5.41) is 0. The maximum atomic E-state index is 5.68. The van der Waals surface area contributed by atoms with E-state index in [1.165, 1.54) is 44.9 Å². The highest BCUT2D eigenvalue weighted by Gasteiger charge is 2.03. The Morgan fingerprint density at radius 1 is 1.23 bits per heavy atom. The third-order valence-electron chi connectivity index (χ3n) is 2.55. The number of nitrogens with two attached hydrogens (primary N) is 1. The van der Waals surface area contributed by atoms with Crippen LogP contribution in [-0.4, -0.2) is 6.54 Å². The van der Waals surface area contributed by atoms with E-state index in [0.717, 1.165) is 12.5 Å². The summed E-state index contributed by atoms with van der Waals surface area (Å²) in [5.74, 6) is 0.772. The Bertz CT molecular complexity index is 110. The fourth-order valence-electron chi connectivity index (χ4n) is 1.69. The van der Waals surface area contributed by atoms with Gasteiger partial charge >= 0.3 is 0 Å². The Labute approximate surface area is 83.4 Å². The summed E-state index contributed by atoms with van der Waals surface area (Å²) in [7, 11) is 0. The van der Waals surface area contributed by atoms with Crippen molar-refractivity contribution < 1.29 is 0 Å². The Kier molecular flexibility index (Phi) is 9.56. The van der Waals surface area contributed by atoms with Gasteiger partial charge in [-0.25, -0.2) is 0 Å². The summed E-state index contributed by atoms with van der Waals surface area (Å²) >= 11 is 0. The Balaban J connectivity index is 3.22. The molecule has 2 N–H and O–H groups in total. The lowest BCUT2D eigenvalue weighted by Gasteiger charge is -2.12. The van der Waals surface area contributed by atoms with Crippen molar-refractivity contribution in [2.45, 2.75) is 51.9 Å². The molecule has 0 amide bonds. The van der Waals surface area contributed by atoms with Gasteiger partial charge in [0.2, 0.25) is 0 Å². The van der Waals surface area contributed by atoms with Crippen LogP contribution < -0.4 is 5.73 Å². The fraction of sp³-hybridized carbons (Fsp3) is 0.833. The molecule has 0 fully saturated rings. The highest BCUT2D eigenvalue weighted by Crippen LogP contribution is 2.14. The van der Waals surface area contributed by atoms with Crippen LogP contribution in [-0.2, 0) is 0 Å². The third kappa shape index (κ3) is 8.04. The van der Waals surface area contributed by atoms with Crippen LogP contribution in [0, 0.1) is 5.92 Å². The van der Waals surface area contributed by atoms with Crippen LogP contribution in [0.25, 0.3) is 0 Å². The minimum Gasteiger partial charge on any atom is -0.330 e. The maximum absolute atomic E-state index is 5.68. The van der Waals surface area contributed by atoms with Crippen molar-refractivity contribution in [3.05, 3.63) is 12.7 Å². The lowest BCUT2D eigenvalue weighted by atomic mass is 9.96. The van der Waals surface area contributed by atoms with Gasteiger partial charge in [0.05, 0.1) is 0 Å². The van der Waals surface area contributed by atoms with Gasteiger partial charge in [-0.05, 0) is 38.1 Å². The molecule has 78 valence electrons. The molecule has 13 heavy (non-hydrogen) atoms. The summed E-state index contributed by atoms with van der Waals surface area (Å²) in [4.78, 5) is 0. The SMILES string of the molecule is C=CCCCCCC(CN)CCC. The molecule has 1 heteroatoms. The number of hydrogen-bond donors (Lipinski definition) is 1. The van der Waals surface area contributed by atoms with Crippen LogP contribution in [0.3, 0.4) is 0 Å². The highest BCUT2D eigenvalue weighted by molar-refractivity contribution is 4.66. The van der Waals surface area contributed by atoms with Crippen molar-refractivity contribution in [3.8, 4) is 0 Å². The number of rotatable bonds is 9. The van der Waals surface area contributed by atoms with E-state index in [4.69, 9.17) is 5.73 Å². The van der Waals surface area contributed by atoms with Crippen molar-refractivity contribution in [1.29, 1.82) is 0 Å². The molecular weight excluding hydrogens is 158 g/mol. The van der Waals surface area contributed by atoms with Crippen LogP contribution >= 0.6 is 0 Å². The Morgan fingerprint density at radius 3 is 2.54 bits per heavy atom. The monoisotopic (exact) mass is 183 g/mol.